The fraction of sp³-hybridized carbons (Fsp3) is 0.875. The van der Waals surface area contributed by atoms with Gasteiger partial charge in [-0.1, -0.05) is 45.4 Å². The summed E-state index contributed by atoms with van der Waals surface area (Å²) in [5.74, 6) is 0.0798. The molecule has 1 fully saturated rings. The van der Waals surface area contributed by atoms with Crippen LogP contribution in [0.25, 0.3) is 0 Å². The van der Waals surface area contributed by atoms with E-state index in [9.17, 15) is 4.79 Å². The first kappa shape index (κ1) is 16.5. The van der Waals surface area contributed by atoms with Gasteiger partial charge in [0, 0.05) is 19.5 Å². The van der Waals surface area contributed by atoms with Gasteiger partial charge in [-0.25, -0.2) is 0 Å². The van der Waals surface area contributed by atoms with Crippen LogP contribution in [0.4, 0.5) is 0 Å². The average Bonchev–Trinajstić information content (AvgIpc) is 2.83. The maximum absolute atomic E-state index is 10.9. The van der Waals surface area contributed by atoms with Crippen molar-refractivity contribution in [3.63, 3.8) is 0 Å². The number of unbranched alkanes of at least 4 members (excludes halogenated alkanes) is 6. The molecule has 1 unspecified atom stereocenters. The molecule has 111 valence electrons. The van der Waals surface area contributed by atoms with Gasteiger partial charge in [0.25, 0.3) is 0 Å². The third kappa shape index (κ3) is 7.56. The molecule has 0 spiro atoms. The summed E-state index contributed by atoms with van der Waals surface area (Å²) in [6.07, 6.45) is 13.1. The zero-order valence-corrected chi connectivity index (χ0v) is 12.8. The summed E-state index contributed by atoms with van der Waals surface area (Å²) in [6.45, 7) is 7.00. The van der Waals surface area contributed by atoms with Crippen LogP contribution < -0.4 is 5.32 Å². The quantitative estimate of drug-likeness (QED) is 0.617. The molecule has 0 aliphatic carbocycles. The van der Waals surface area contributed by atoms with Crippen molar-refractivity contribution in [1.82, 2.24) is 10.2 Å². The van der Waals surface area contributed by atoms with Crippen LogP contribution >= 0.6 is 0 Å². The highest BCUT2D eigenvalue weighted by Crippen LogP contribution is 2.17. The molecule has 3 heteroatoms. The lowest BCUT2D eigenvalue weighted by Gasteiger charge is -2.24. The van der Waals surface area contributed by atoms with Crippen molar-refractivity contribution < 1.29 is 4.79 Å². The van der Waals surface area contributed by atoms with E-state index in [1.165, 1.54) is 64.5 Å². The molecule has 3 nitrogen and oxygen atoms in total. The topological polar surface area (TPSA) is 32.3 Å². The van der Waals surface area contributed by atoms with E-state index in [0.717, 1.165) is 6.54 Å². The molecule has 1 radical (unpaired) electrons. The number of nitrogens with one attached hydrogen (secondary N) is 1. The van der Waals surface area contributed by atoms with E-state index in [4.69, 9.17) is 0 Å². The number of nitrogens with zero attached hydrogens (tertiary/aromatic N) is 1. The van der Waals surface area contributed by atoms with E-state index in [2.05, 4.69) is 23.6 Å². The van der Waals surface area contributed by atoms with Crippen molar-refractivity contribution in [3.8, 4) is 0 Å². The molecule has 0 saturated carbocycles. The predicted octanol–water partition coefficient (Wildman–Crippen LogP) is 3.15. The minimum atomic E-state index is 0.0798. The third-order valence-corrected chi connectivity index (χ3v) is 3.93. The van der Waals surface area contributed by atoms with Crippen LogP contribution in [0.2, 0.25) is 0 Å². The molecule has 1 aliphatic rings. The Labute approximate surface area is 119 Å². The number of hydrogen-bond donors (Lipinski definition) is 1. The summed E-state index contributed by atoms with van der Waals surface area (Å²) >= 11 is 0. The maximum Gasteiger partial charge on any atom is 0.216 e. The second-order valence-electron chi connectivity index (χ2n) is 5.69. The van der Waals surface area contributed by atoms with E-state index in [0.29, 0.717) is 6.04 Å². The Bertz CT molecular complexity index is 243. The second-order valence-corrected chi connectivity index (χ2v) is 5.69. The van der Waals surface area contributed by atoms with Gasteiger partial charge >= 0.3 is 0 Å². The highest BCUT2D eigenvalue weighted by atomic mass is 16.1. The SMILES string of the molecule is CCCCCCCCCN1CC[CH]C1CNC(C)=O. The summed E-state index contributed by atoms with van der Waals surface area (Å²) in [6, 6.07) is 0.462. The average molecular weight is 267 g/mol. The second kappa shape index (κ2) is 10.2. The summed E-state index contributed by atoms with van der Waals surface area (Å²) in [5, 5.41) is 2.93. The number of hydrogen-bond acceptors (Lipinski definition) is 2. The normalized spacial score (nSPS) is 19.8. The third-order valence-electron chi connectivity index (χ3n) is 3.93. The Kier molecular flexibility index (Phi) is 8.89. The van der Waals surface area contributed by atoms with Gasteiger partial charge < -0.3 is 5.32 Å². The van der Waals surface area contributed by atoms with E-state index in [1.807, 2.05) is 0 Å². The molecule has 1 amide bonds. The zero-order valence-electron chi connectivity index (χ0n) is 12.8. The van der Waals surface area contributed by atoms with Gasteiger partial charge in [-0.15, -0.1) is 0 Å². The first-order valence-electron chi connectivity index (χ1n) is 8.06. The number of carbonyl (C=O) groups is 1. The zero-order chi connectivity index (χ0) is 13.9. The Morgan fingerprint density at radius 1 is 1.21 bits per heavy atom. The lowest BCUT2D eigenvalue weighted by atomic mass is 10.1. The van der Waals surface area contributed by atoms with Crippen molar-refractivity contribution in [2.24, 2.45) is 0 Å². The van der Waals surface area contributed by atoms with Crippen molar-refractivity contribution >= 4 is 5.91 Å². The molecule has 0 bridgehead atoms. The number of amides is 1. The van der Waals surface area contributed by atoms with Gasteiger partial charge in [0.15, 0.2) is 0 Å². The molecule has 0 aromatic rings. The fourth-order valence-electron chi connectivity index (χ4n) is 2.76. The van der Waals surface area contributed by atoms with Crippen LogP contribution in [0, 0.1) is 6.42 Å². The standard InChI is InChI=1S/C16H31N2O/c1-3-4-5-6-7-8-9-12-18-13-10-11-16(18)14-17-15(2)19/h11,16H,3-10,12-14H2,1-2H3,(H,17,19). The van der Waals surface area contributed by atoms with Crippen molar-refractivity contribution in [2.75, 3.05) is 19.6 Å². The van der Waals surface area contributed by atoms with E-state index in [1.54, 1.807) is 6.92 Å². The first-order valence-corrected chi connectivity index (χ1v) is 8.06. The Balaban J connectivity index is 2.02. The molecular weight excluding hydrogens is 236 g/mol. The van der Waals surface area contributed by atoms with E-state index >= 15 is 0 Å². The summed E-state index contributed by atoms with van der Waals surface area (Å²) < 4.78 is 0. The van der Waals surface area contributed by atoms with Gasteiger partial charge in [0.2, 0.25) is 5.91 Å². The van der Waals surface area contributed by atoms with E-state index in [-0.39, 0.29) is 5.91 Å². The molecule has 0 aromatic carbocycles. The largest absolute Gasteiger partial charge is 0.355 e. The van der Waals surface area contributed by atoms with Crippen molar-refractivity contribution in [1.29, 1.82) is 0 Å². The van der Waals surface area contributed by atoms with Crippen LogP contribution in [0.5, 0.6) is 0 Å². The Hall–Kier alpha value is -0.570. The molecule has 19 heavy (non-hydrogen) atoms. The van der Waals surface area contributed by atoms with Gasteiger partial charge in [-0.3, -0.25) is 9.69 Å². The van der Waals surface area contributed by atoms with Crippen molar-refractivity contribution in [2.45, 2.75) is 71.3 Å². The molecule has 1 N–H and O–H groups in total. The summed E-state index contributed by atoms with van der Waals surface area (Å²) in [4.78, 5) is 13.5. The minimum Gasteiger partial charge on any atom is -0.355 e. The van der Waals surface area contributed by atoms with Crippen LogP contribution in [0.15, 0.2) is 0 Å². The highest BCUT2D eigenvalue weighted by Gasteiger charge is 2.23. The number of likely N-dealkylation sites (tertiary alicyclic amines) is 1. The van der Waals surface area contributed by atoms with Gasteiger partial charge in [0.1, 0.15) is 0 Å². The van der Waals surface area contributed by atoms with Gasteiger partial charge in [-0.05, 0) is 32.4 Å². The van der Waals surface area contributed by atoms with Gasteiger partial charge in [-0.2, -0.15) is 0 Å². The molecule has 1 rings (SSSR count). The molecule has 1 atom stereocenters. The van der Waals surface area contributed by atoms with Crippen LogP contribution in [-0.2, 0) is 4.79 Å². The van der Waals surface area contributed by atoms with Crippen LogP contribution in [0.1, 0.15) is 65.2 Å². The molecule has 1 saturated heterocycles. The lowest BCUT2D eigenvalue weighted by Crippen LogP contribution is -2.40. The number of carbonyl (C=O) groups excluding carboxylic acids is 1. The molecule has 1 heterocycles. The molecular formula is C16H31N2O. The van der Waals surface area contributed by atoms with Crippen molar-refractivity contribution in [3.05, 3.63) is 6.42 Å². The highest BCUT2D eigenvalue weighted by molar-refractivity contribution is 5.72. The van der Waals surface area contributed by atoms with Gasteiger partial charge in [0.05, 0.1) is 0 Å². The molecule has 0 aromatic heterocycles. The number of rotatable bonds is 10. The lowest BCUT2D eigenvalue weighted by molar-refractivity contribution is -0.119. The Morgan fingerprint density at radius 3 is 2.58 bits per heavy atom. The minimum absolute atomic E-state index is 0.0798. The van der Waals surface area contributed by atoms with Crippen LogP contribution in [0.3, 0.4) is 0 Å². The maximum atomic E-state index is 10.9. The smallest absolute Gasteiger partial charge is 0.216 e. The fourth-order valence-corrected chi connectivity index (χ4v) is 2.76. The van der Waals surface area contributed by atoms with Crippen LogP contribution in [-0.4, -0.2) is 36.5 Å². The Morgan fingerprint density at radius 2 is 1.89 bits per heavy atom. The van der Waals surface area contributed by atoms with E-state index < -0.39 is 0 Å². The summed E-state index contributed by atoms with van der Waals surface area (Å²) in [5.41, 5.74) is 0. The summed E-state index contributed by atoms with van der Waals surface area (Å²) in [7, 11) is 0. The predicted molar refractivity (Wildman–Crippen MR) is 81.0 cm³/mol. The monoisotopic (exact) mass is 267 g/mol. The first-order chi connectivity index (χ1) is 9.24. The molecule has 1 aliphatic heterocycles.